The highest BCUT2D eigenvalue weighted by atomic mass is 15.3. The first-order valence-corrected chi connectivity index (χ1v) is 6.37. The maximum absolute atomic E-state index is 2.67. The predicted octanol–water partition coefficient (Wildman–Crippen LogP) is 2.59. The van der Waals surface area contributed by atoms with Gasteiger partial charge in [-0.15, -0.1) is 0 Å². The van der Waals surface area contributed by atoms with E-state index in [0.29, 0.717) is 11.6 Å². The smallest absolute Gasteiger partial charge is 0.0226 e. The Bertz CT molecular complexity index is 193. The van der Waals surface area contributed by atoms with Crippen LogP contribution in [0.4, 0.5) is 0 Å². The topological polar surface area (TPSA) is 6.48 Å². The van der Waals surface area contributed by atoms with Gasteiger partial charge in [-0.05, 0) is 41.0 Å². The van der Waals surface area contributed by atoms with Crippen LogP contribution in [0.3, 0.4) is 0 Å². The van der Waals surface area contributed by atoms with E-state index in [1.807, 2.05) is 0 Å². The average molecular weight is 212 g/mol. The van der Waals surface area contributed by atoms with Gasteiger partial charge < -0.3 is 0 Å². The van der Waals surface area contributed by atoms with Crippen molar-refractivity contribution < 1.29 is 0 Å². The minimum atomic E-state index is 0.323. The monoisotopic (exact) mass is 212 g/mol. The first-order valence-electron chi connectivity index (χ1n) is 6.37. The molecule has 15 heavy (non-hydrogen) atoms. The van der Waals surface area contributed by atoms with Crippen molar-refractivity contribution in [2.24, 2.45) is 0 Å². The Morgan fingerprint density at radius 1 is 1.20 bits per heavy atom. The molecule has 0 aromatic rings. The number of nitrogens with zero attached hydrogens (tertiary/aromatic N) is 2. The number of hydrogen-bond acceptors (Lipinski definition) is 2. The van der Waals surface area contributed by atoms with Crippen molar-refractivity contribution >= 4 is 0 Å². The lowest BCUT2D eigenvalue weighted by Crippen LogP contribution is -2.60. The Morgan fingerprint density at radius 2 is 1.80 bits per heavy atom. The molecule has 2 heteroatoms. The van der Waals surface area contributed by atoms with Crippen LogP contribution in [0.2, 0.25) is 0 Å². The fourth-order valence-electron chi connectivity index (χ4n) is 2.58. The molecular weight excluding hydrogens is 184 g/mol. The minimum Gasteiger partial charge on any atom is -0.298 e. The van der Waals surface area contributed by atoms with Crippen LogP contribution < -0.4 is 0 Å². The Kier molecular flexibility index (Phi) is 4.19. The fourth-order valence-corrected chi connectivity index (χ4v) is 2.58. The maximum Gasteiger partial charge on any atom is 0.0226 e. The van der Waals surface area contributed by atoms with Crippen molar-refractivity contribution in [3.8, 4) is 0 Å². The van der Waals surface area contributed by atoms with E-state index >= 15 is 0 Å². The highest BCUT2D eigenvalue weighted by Crippen LogP contribution is 2.23. The van der Waals surface area contributed by atoms with Crippen molar-refractivity contribution in [2.75, 3.05) is 19.6 Å². The van der Waals surface area contributed by atoms with Gasteiger partial charge in [-0.3, -0.25) is 9.80 Å². The van der Waals surface area contributed by atoms with Gasteiger partial charge >= 0.3 is 0 Å². The Balaban J connectivity index is 2.65. The Labute approximate surface area is 95.6 Å². The number of piperazine rings is 1. The molecule has 0 aromatic carbocycles. The van der Waals surface area contributed by atoms with E-state index in [1.165, 1.54) is 26.1 Å². The first kappa shape index (κ1) is 13.0. The van der Waals surface area contributed by atoms with E-state index in [4.69, 9.17) is 0 Å². The molecule has 0 amide bonds. The van der Waals surface area contributed by atoms with Gasteiger partial charge in [0.2, 0.25) is 0 Å². The third-order valence-electron chi connectivity index (χ3n) is 3.58. The lowest BCUT2D eigenvalue weighted by molar-refractivity contribution is -0.00195. The summed E-state index contributed by atoms with van der Waals surface area (Å²) in [7, 11) is 0. The van der Waals surface area contributed by atoms with Gasteiger partial charge in [-0.1, -0.05) is 6.92 Å². The van der Waals surface area contributed by atoms with E-state index in [0.717, 1.165) is 6.04 Å². The molecule has 1 aliphatic rings. The summed E-state index contributed by atoms with van der Waals surface area (Å²) in [6.45, 7) is 17.6. The van der Waals surface area contributed by atoms with Crippen LogP contribution in [0, 0.1) is 0 Å². The summed E-state index contributed by atoms with van der Waals surface area (Å²) in [5, 5.41) is 0. The summed E-state index contributed by atoms with van der Waals surface area (Å²) < 4.78 is 0. The van der Waals surface area contributed by atoms with Gasteiger partial charge in [0, 0.05) is 37.3 Å². The number of rotatable bonds is 2. The van der Waals surface area contributed by atoms with Crippen LogP contribution in [0.1, 0.15) is 48.0 Å². The van der Waals surface area contributed by atoms with Gasteiger partial charge in [0.05, 0.1) is 0 Å². The molecule has 0 N–H and O–H groups in total. The molecule has 0 bridgehead atoms. The molecule has 0 aromatic heterocycles. The molecule has 0 spiro atoms. The molecule has 1 atom stereocenters. The Morgan fingerprint density at radius 3 is 2.20 bits per heavy atom. The zero-order valence-electron chi connectivity index (χ0n) is 11.4. The van der Waals surface area contributed by atoms with Gasteiger partial charge in [0.1, 0.15) is 0 Å². The average Bonchev–Trinajstić information content (AvgIpc) is 2.15. The molecule has 1 rings (SSSR count). The molecule has 0 unspecified atom stereocenters. The zero-order chi connectivity index (χ0) is 11.6. The van der Waals surface area contributed by atoms with E-state index in [9.17, 15) is 0 Å². The molecule has 1 saturated heterocycles. The van der Waals surface area contributed by atoms with Crippen molar-refractivity contribution in [3.05, 3.63) is 0 Å². The van der Waals surface area contributed by atoms with Crippen LogP contribution in [0.25, 0.3) is 0 Å². The normalized spacial score (nSPS) is 26.2. The van der Waals surface area contributed by atoms with Crippen molar-refractivity contribution in [3.63, 3.8) is 0 Å². The third-order valence-corrected chi connectivity index (χ3v) is 3.58. The van der Waals surface area contributed by atoms with E-state index in [-0.39, 0.29) is 0 Å². The van der Waals surface area contributed by atoms with E-state index < -0.39 is 0 Å². The van der Waals surface area contributed by atoms with E-state index in [2.05, 4.69) is 51.3 Å². The molecule has 0 aliphatic carbocycles. The molecule has 2 nitrogen and oxygen atoms in total. The lowest BCUT2D eigenvalue weighted by Gasteiger charge is -2.49. The quantitative estimate of drug-likeness (QED) is 0.694. The SMILES string of the molecule is CC[C@H]1CN(C(C)C)CCN1C(C)(C)C. The predicted molar refractivity (Wildman–Crippen MR) is 67.2 cm³/mol. The second-order valence-corrected chi connectivity index (χ2v) is 6.01. The fraction of sp³-hybridized carbons (Fsp3) is 1.00. The molecule has 1 aliphatic heterocycles. The Hall–Kier alpha value is -0.0800. The van der Waals surface area contributed by atoms with Crippen LogP contribution >= 0.6 is 0 Å². The highest BCUT2D eigenvalue weighted by Gasteiger charge is 2.33. The first-order chi connectivity index (χ1) is 6.86. The molecule has 0 saturated carbocycles. The van der Waals surface area contributed by atoms with E-state index in [1.54, 1.807) is 0 Å². The standard InChI is InChI=1S/C13H28N2/c1-7-12-10-14(11(2)3)8-9-15(12)13(4,5)6/h11-12H,7-10H2,1-6H3/t12-/m0/s1. The van der Waals surface area contributed by atoms with Gasteiger partial charge in [0.25, 0.3) is 0 Å². The van der Waals surface area contributed by atoms with Gasteiger partial charge in [-0.2, -0.15) is 0 Å². The van der Waals surface area contributed by atoms with Crippen LogP contribution in [0.5, 0.6) is 0 Å². The molecule has 1 fully saturated rings. The second-order valence-electron chi connectivity index (χ2n) is 6.01. The summed E-state index contributed by atoms with van der Waals surface area (Å²) >= 11 is 0. The van der Waals surface area contributed by atoms with Crippen molar-refractivity contribution in [1.82, 2.24) is 9.80 Å². The molecular formula is C13H28N2. The van der Waals surface area contributed by atoms with Gasteiger partial charge in [-0.25, -0.2) is 0 Å². The van der Waals surface area contributed by atoms with Crippen molar-refractivity contribution in [1.29, 1.82) is 0 Å². The maximum atomic E-state index is 2.67. The van der Waals surface area contributed by atoms with Crippen LogP contribution in [0.15, 0.2) is 0 Å². The molecule has 0 radical (unpaired) electrons. The lowest BCUT2D eigenvalue weighted by atomic mass is 9.98. The second kappa shape index (κ2) is 4.84. The summed E-state index contributed by atoms with van der Waals surface area (Å²) in [6, 6.07) is 1.43. The largest absolute Gasteiger partial charge is 0.298 e. The van der Waals surface area contributed by atoms with Crippen LogP contribution in [-0.4, -0.2) is 47.1 Å². The van der Waals surface area contributed by atoms with Crippen LogP contribution in [-0.2, 0) is 0 Å². The highest BCUT2D eigenvalue weighted by molar-refractivity contribution is 4.89. The van der Waals surface area contributed by atoms with Crippen molar-refractivity contribution in [2.45, 2.75) is 65.6 Å². The zero-order valence-corrected chi connectivity index (χ0v) is 11.4. The summed E-state index contributed by atoms with van der Waals surface area (Å²) in [6.07, 6.45) is 1.26. The van der Waals surface area contributed by atoms with Gasteiger partial charge in [0.15, 0.2) is 0 Å². The minimum absolute atomic E-state index is 0.323. The summed E-state index contributed by atoms with van der Waals surface area (Å²) in [5.74, 6) is 0. The summed E-state index contributed by atoms with van der Waals surface area (Å²) in [5.41, 5.74) is 0.323. The molecule has 90 valence electrons. The molecule has 1 heterocycles. The third kappa shape index (κ3) is 3.18. The summed E-state index contributed by atoms with van der Waals surface area (Å²) in [4.78, 5) is 5.28. The number of hydrogen-bond donors (Lipinski definition) is 0.